The zero-order valence-corrected chi connectivity index (χ0v) is 15.2. The number of anilines is 2. The number of aromatic nitrogens is 4. The van der Waals surface area contributed by atoms with Gasteiger partial charge in [-0.05, 0) is 42.8 Å². The van der Waals surface area contributed by atoms with Crippen LogP contribution < -0.4 is 10.1 Å². The maximum atomic E-state index is 11.3. The predicted molar refractivity (Wildman–Crippen MR) is 104 cm³/mol. The number of carboxylic acid groups (broad SMARTS) is 1. The van der Waals surface area contributed by atoms with Crippen LogP contribution in [-0.4, -0.2) is 30.6 Å². The van der Waals surface area contributed by atoms with E-state index < -0.39 is 5.97 Å². The number of ether oxygens (including phenoxy) is 1. The Labute approximate surface area is 160 Å². The number of fused-ring (bicyclic) bond motifs is 1. The Morgan fingerprint density at radius 1 is 1.18 bits per heavy atom. The van der Waals surface area contributed by atoms with Gasteiger partial charge in [0.25, 0.3) is 0 Å². The van der Waals surface area contributed by atoms with E-state index in [1.54, 1.807) is 12.4 Å². The summed E-state index contributed by atoms with van der Waals surface area (Å²) < 4.78 is 7.94. The fourth-order valence-electron chi connectivity index (χ4n) is 2.87. The molecule has 4 aromatic rings. The van der Waals surface area contributed by atoms with E-state index in [2.05, 4.69) is 20.3 Å². The molecule has 4 rings (SSSR count). The Kier molecular flexibility index (Phi) is 4.36. The van der Waals surface area contributed by atoms with Gasteiger partial charge in [0.1, 0.15) is 29.2 Å². The minimum absolute atomic E-state index is 0.00384. The molecular weight excluding hydrogens is 358 g/mol. The minimum Gasteiger partial charge on any atom is -0.477 e. The van der Waals surface area contributed by atoms with Gasteiger partial charge < -0.3 is 19.7 Å². The Morgan fingerprint density at radius 3 is 2.82 bits per heavy atom. The van der Waals surface area contributed by atoms with Crippen molar-refractivity contribution in [3.63, 3.8) is 0 Å². The van der Waals surface area contributed by atoms with Gasteiger partial charge in [0.05, 0.1) is 17.4 Å². The summed E-state index contributed by atoms with van der Waals surface area (Å²) in [7, 11) is 1.94. The largest absolute Gasteiger partial charge is 0.477 e. The first-order valence-corrected chi connectivity index (χ1v) is 8.51. The Bertz CT molecular complexity index is 1190. The number of aryl methyl sites for hydroxylation is 2. The van der Waals surface area contributed by atoms with Crippen LogP contribution in [-0.2, 0) is 7.05 Å². The first kappa shape index (κ1) is 17.5. The van der Waals surface area contributed by atoms with E-state index >= 15 is 0 Å². The molecule has 0 aliphatic heterocycles. The number of benzene rings is 2. The molecular formula is C20H17N5O3. The zero-order valence-electron chi connectivity index (χ0n) is 15.2. The molecule has 0 bridgehead atoms. The highest BCUT2D eigenvalue weighted by atomic mass is 16.5. The zero-order chi connectivity index (χ0) is 19.7. The number of aromatic carboxylic acids is 1. The molecule has 28 heavy (non-hydrogen) atoms. The summed E-state index contributed by atoms with van der Waals surface area (Å²) in [6, 6.07) is 11.2. The number of nitrogens with one attached hydrogen (secondary N) is 1. The smallest absolute Gasteiger partial charge is 0.341 e. The first-order chi connectivity index (χ1) is 13.5. The normalized spacial score (nSPS) is 10.8. The van der Waals surface area contributed by atoms with Crippen molar-refractivity contribution in [1.29, 1.82) is 0 Å². The lowest BCUT2D eigenvalue weighted by Gasteiger charge is -2.12. The fourth-order valence-corrected chi connectivity index (χ4v) is 2.87. The molecule has 0 amide bonds. The summed E-state index contributed by atoms with van der Waals surface area (Å²) in [6.45, 7) is 1.91. The average Bonchev–Trinajstić information content (AvgIpc) is 3.04. The molecule has 0 aliphatic carbocycles. The SMILES string of the molecule is Cc1cc(Nc2ncncc2C(=O)O)ccc1Oc1ccc2c(c1)ncn2C. The van der Waals surface area contributed by atoms with Crippen molar-refractivity contribution in [1.82, 2.24) is 19.5 Å². The minimum atomic E-state index is -1.09. The van der Waals surface area contributed by atoms with E-state index in [0.29, 0.717) is 17.2 Å². The van der Waals surface area contributed by atoms with Crippen LogP contribution in [0, 0.1) is 6.92 Å². The molecule has 0 radical (unpaired) electrons. The number of nitrogens with zero attached hydrogens (tertiary/aromatic N) is 4. The highest BCUT2D eigenvalue weighted by molar-refractivity contribution is 5.93. The molecule has 2 N–H and O–H groups in total. The van der Waals surface area contributed by atoms with Crippen LogP contribution in [0.3, 0.4) is 0 Å². The molecule has 0 saturated heterocycles. The van der Waals surface area contributed by atoms with Gasteiger partial charge in [-0.2, -0.15) is 0 Å². The van der Waals surface area contributed by atoms with Crippen LogP contribution >= 0.6 is 0 Å². The van der Waals surface area contributed by atoms with E-state index in [1.165, 1.54) is 12.5 Å². The lowest BCUT2D eigenvalue weighted by atomic mass is 10.2. The van der Waals surface area contributed by atoms with Gasteiger partial charge in [0, 0.05) is 25.0 Å². The Balaban J connectivity index is 1.56. The molecule has 8 nitrogen and oxygen atoms in total. The van der Waals surface area contributed by atoms with Crippen LogP contribution in [0.5, 0.6) is 11.5 Å². The number of hydrogen-bond acceptors (Lipinski definition) is 6. The summed E-state index contributed by atoms with van der Waals surface area (Å²) in [4.78, 5) is 23.4. The molecule has 0 saturated carbocycles. The standard InChI is InChI=1S/C20H17N5O3/c1-12-7-13(24-19-15(20(26)27)9-21-10-22-19)3-6-18(12)28-14-4-5-17-16(8-14)23-11-25(17)2/h3-11H,1-2H3,(H,26,27)(H,21,22,24). The van der Waals surface area contributed by atoms with Gasteiger partial charge >= 0.3 is 5.97 Å². The van der Waals surface area contributed by atoms with Gasteiger partial charge in [-0.15, -0.1) is 0 Å². The van der Waals surface area contributed by atoms with Crippen molar-refractivity contribution >= 4 is 28.5 Å². The summed E-state index contributed by atoms with van der Waals surface area (Å²) in [5.41, 5.74) is 3.48. The maximum Gasteiger partial charge on any atom is 0.341 e. The van der Waals surface area contributed by atoms with Crippen LogP contribution in [0.2, 0.25) is 0 Å². The van der Waals surface area contributed by atoms with Gasteiger partial charge in [-0.3, -0.25) is 0 Å². The van der Waals surface area contributed by atoms with Gasteiger partial charge in [0.15, 0.2) is 0 Å². The number of carboxylic acids is 1. The second-order valence-corrected chi connectivity index (χ2v) is 6.30. The number of imidazole rings is 1. The molecule has 0 atom stereocenters. The van der Waals surface area contributed by atoms with Crippen molar-refractivity contribution in [3.05, 3.63) is 66.4 Å². The third-order valence-electron chi connectivity index (χ3n) is 4.31. The van der Waals surface area contributed by atoms with Crippen molar-refractivity contribution in [3.8, 4) is 11.5 Å². The van der Waals surface area contributed by atoms with E-state index in [1.807, 2.05) is 48.9 Å². The second kappa shape index (κ2) is 6.99. The van der Waals surface area contributed by atoms with Crippen LogP contribution in [0.4, 0.5) is 11.5 Å². The van der Waals surface area contributed by atoms with E-state index in [-0.39, 0.29) is 11.4 Å². The molecule has 0 spiro atoms. The molecule has 8 heteroatoms. The molecule has 0 fully saturated rings. The molecule has 2 heterocycles. The van der Waals surface area contributed by atoms with E-state index in [4.69, 9.17) is 4.74 Å². The Hall–Kier alpha value is -3.94. The number of hydrogen-bond donors (Lipinski definition) is 2. The topological polar surface area (TPSA) is 102 Å². The summed E-state index contributed by atoms with van der Waals surface area (Å²) in [6.07, 6.45) is 4.32. The van der Waals surface area contributed by atoms with Crippen LogP contribution in [0.15, 0.2) is 55.2 Å². The molecule has 0 aliphatic rings. The maximum absolute atomic E-state index is 11.3. The summed E-state index contributed by atoms with van der Waals surface area (Å²) in [5, 5.41) is 12.2. The van der Waals surface area contributed by atoms with E-state index in [9.17, 15) is 9.90 Å². The van der Waals surface area contributed by atoms with Crippen molar-refractivity contribution < 1.29 is 14.6 Å². The average molecular weight is 375 g/mol. The Morgan fingerprint density at radius 2 is 2.04 bits per heavy atom. The lowest BCUT2D eigenvalue weighted by Crippen LogP contribution is -2.05. The molecule has 140 valence electrons. The third kappa shape index (κ3) is 3.35. The monoisotopic (exact) mass is 375 g/mol. The van der Waals surface area contributed by atoms with Crippen LogP contribution in [0.25, 0.3) is 11.0 Å². The summed E-state index contributed by atoms with van der Waals surface area (Å²) in [5.74, 6) is 0.529. The fraction of sp³-hybridized carbons (Fsp3) is 0.100. The number of rotatable bonds is 5. The predicted octanol–water partition coefficient (Wildman–Crippen LogP) is 3.91. The lowest BCUT2D eigenvalue weighted by molar-refractivity contribution is 0.0697. The molecule has 2 aromatic heterocycles. The highest BCUT2D eigenvalue weighted by Gasteiger charge is 2.12. The van der Waals surface area contributed by atoms with Gasteiger partial charge in [-0.1, -0.05) is 0 Å². The van der Waals surface area contributed by atoms with Gasteiger partial charge in [-0.25, -0.2) is 19.7 Å². The second-order valence-electron chi connectivity index (χ2n) is 6.30. The van der Waals surface area contributed by atoms with Crippen molar-refractivity contribution in [2.45, 2.75) is 6.92 Å². The van der Waals surface area contributed by atoms with E-state index in [0.717, 1.165) is 16.6 Å². The van der Waals surface area contributed by atoms with Crippen molar-refractivity contribution in [2.75, 3.05) is 5.32 Å². The molecule has 2 aromatic carbocycles. The third-order valence-corrected chi connectivity index (χ3v) is 4.31. The highest BCUT2D eigenvalue weighted by Crippen LogP contribution is 2.30. The number of carbonyl (C=O) groups is 1. The quantitative estimate of drug-likeness (QED) is 0.545. The first-order valence-electron chi connectivity index (χ1n) is 8.51. The van der Waals surface area contributed by atoms with Crippen LogP contribution in [0.1, 0.15) is 15.9 Å². The summed E-state index contributed by atoms with van der Waals surface area (Å²) >= 11 is 0. The van der Waals surface area contributed by atoms with Crippen molar-refractivity contribution in [2.24, 2.45) is 7.05 Å². The molecule has 0 unspecified atom stereocenters. The van der Waals surface area contributed by atoms with Gasteiger partial charge in [0.2, 0.25) is 0 Å².